The largest absolute Gasteiger partial charge is 0.494 e. The summed E-state index contributed by atoms with van der Waals surface area (Å²) in [6.07, 6.45) is 1.07. The van der Waals surface area contributed by atoms with E-state index in [0.29, 0.717) is 13.2 Å². The van der Waals surface area contributed by atoms with Crippen LogP contribution in [0.5, 0.6) is 5.75 Å². The smallest absolute Gasteiger partial charge is 0.204 e. The maximum atomic E-state index is 5.69. The fraction of sp³-hybridized carbons (Fsp3) is 0.316. The summed E-state index contributed by atoms with van der Waals surface area (Å²) in [6.45, 7) is 6.51. The highest BCUT2D eigenvalue weighted by molar-refractivity contribution is 5.78. The number of nitrogens with zero attached hydrogens (tertiary/aromatic N) is 2. The van der Waals surface area contributed by atoms with Crippen molar-refractivity contribution in [3.8, 4) is 5.75 Å². The van der Waals surface area contributed by atoms with E-state index in [1.165, 1.54) is 5.52 Å². The third-order valence-corrected chi connectivity index (χ3v) is 3.81. The Morgan fingerprint density at radius 2 is 1.83 bits per heavy atom. The average Bonchev–Trinajstić information content (AvgIpc) is 2.93. The Morgan fingerprint density at radius 3 is 2.65 bits per heavy atom. The van der Waals surface area contributed by atoms with Crippen LogP contribution in [0.2, 0.25) is 0 Å². The molecule has 120 valence electrons. The number of ether oxygens (including phenoxy) is 1. The molecule has 0 spiro atoms. The molecular weight excluding hydrogens is 286 g/mol. The van der Waals surface area contributed by atoms with Gasteiger partial charge in [-0.05, 0) is 31.5 Å². The first kappa shape index (κ1) is 15.4. The van der Waals surface area contributed by atoms with Crippen LogP contribution >= 0.6 is 0 Å². The zero-order valence-electron chi connectivity index (χ0n) is 13.7. The fourth-order valence-corrected chi connectivity index (χ4v) is 2.78. The minimum atomic E-state index is 0.672. The molecule has 0 aliphatic carbocycles. The van der Waals surface area contributed by atoms with Crippen molar-refractivity contribution in [2.24, 2.45) is 0 Å². The molecule has 0 unspecified atom stereocenters. The molecule has 0 saturated heterocycles. The molecule has 4 nitrogen and oxygen atoms in total. The van der Waals surface area contributed by atoms with E-state index in [9.17, 15) is 0 Å². The molecule has 23 heavy (non-hydrogen) atoms. The van der Waals surface area contributed by atoms with Gasteiger partial charge in [0.2, 0.25) is 5.95 Å². The minimum Gasteiger partial charge on any atom is -0.494 e. The number of benzene rings is 2. The van der Waals surface area contributed by atoms with Gasteiger partial charge in [-0.3, -0.25) is 0 Å². The van der Waals surface area contributed by atoms with Gasteiger partial charge >= 0.3 is 0 Å². The Hall–Kier alpha value is -2.49. The highest BCUT2D eigenvalue weighted by Gasteiger charge is 2.10. The summed E-state index contributed by atoms with van der Waals surface area (Å²) in [5, 5.41) is 3.47. The van der Waals surface area contributed by atoms with Gasteiger partial charge in [-0.1, -0.05) is 37.3 Å². The predicted octanol–water partition coefficient (Wildman–Crippen LogP) is 4.46. The lowest BCUT2D eigenvalue weighted by molar-refractivity contribution is 0.337. The summed E-state index contributed by atoms with van der Waals surface area (Å²) in [6, 6.07) is 16.4. The molecule has 2 aromatic carbocycles. The molecule has 0 aliphatic rings. The highest BCUT2D eigenvalue weighted by atomic mass is 16.5. The van der Waals surface area contributed by atoms with Gasteiger partial charge in [0, 0.05) is 18.7 Å². The van der Waals surface area contributed by atoms with Crippen LogP contribution in [0.3, 0.4) is 0 Å². The second-order valence-corrected chi connectivity index (χ2v) is 5.47. The summed E-state index contributed by atoms with van der Waals surface area (Å²) >= 11 is 0. The number of aryl methyl sites for hydroxylation is 1. The Balaban J connectivity index is 1.86. The van der Waals surface area contributed by atoms with E-state index in [-0.39, 0.29) is 0 Å². The molecule has 0 aliphatic heterocycles. The maximum absolute atomic E-state index is 5.69. The molecule has 0 saturated carbocycles. The van der Waals surface area contributed by atoms with Crippen molar-refractivity contribution in [2.45, 2.75) is 33.4 Å². The second kappa shape index (κ2) is 7.18. The predicted molar refractivity (Wildman–Crippen MR) is 95.0 cm³/mol. The topological polar surface area (TPSA) is 39.1 Å². The van der Waals surface area contributed by atoms with Crippen LogP contribution in [0, 0.1) is 0 Å². The zero-order chi connectivity index (χ0) is 16.1. The van der Waals surface area contributed by atoms with E-state index in [4.69, 9.17) is 9.72 Å². The number of rotatable bonds is 7. The van der Waals surface area contributed by atoms with Crippen molar-refractivity contribution in [1.82, 2.24) is 9.55 Å². The van der Waals surface area contributed by atoms with Crippen LogP contribution in [-0.2, 0) is 13.1 Å². The first-order valence-electron chi connectivity index (χ1n) is 8.23. The van der Waals surface area contributed by atoms with Crippen molar-refractivity contribution < 1.29 is 4.74 Å². The lowest BCUT2D eigenvalue weighted by atomic mass is 10.2. The monoisotopic (exact) mass is 309 g/mol. The normalized spacial score (nSPS) is 10.9. The van der Waals surface area contributed by atoms with E-state index in [0.717, 1.165) is 35.7 Å². The Kier molecular flexibility index (Phi) is 4.81. The molecule has 0 amide bonds. The lowest BCUT2D eigenvalue weighted by Gasteiger charge is -2.12. The van der Waals surface area contributed by atoms with Crippen molar-refractivity contribution in [3.63, 3.8) is 0 Å². The van der Waals surface area contributed by atoms with Crippen LogP contribution < -0.4 is 10.1 Å². The van der Waals surface area contributed by atoms with Gasteiger partial charge in [-0.25, -0.2) is 4.98 Å². The summed E-state index contributed by atoms with van der Waals surface area (Å²) < 4.78 is 7.94. The summed E-state index contributed by atoms with van der Waals surface area (Å²) in [4.78, 5) is 4.73. The quantitative estimate of drug-likeness (QED) is 0.700. The summed E-state index contributed by atoms with van der Waals surface area (Å²) in [7, 11) is 0. The third kappa shape index (κ3) is 3.31. The first-order valence-corrected chi connectivity index (χ1v) is 8.23. The van der Waals surface area contributed by atoms with E-state index < -0.39 is 0 Å². The molecule has 4 heteroatoms. The number of anilines is 1. The number of nitrogens with one attached hydrogen (secondary N) is 1. The second-order valence-electron chi connectivity index (χ2n) is 5.47. The van der Waals surface area contributed by atoms with Crippen LogP contribution in [-0.4, -0.2) is 16.2 Å². The standard InChI is InChI=1S/C19H23N3O/c1-3-13-22-17-11-7-6-10-16(17)21-19(22)20-14-15-9-5-8-12-18(15)23-4-2/h5-12H,3-4,13-14H2,1-2H3,(H,20,21). The average molecular weight is 309 g/mol. The van der Waals surface area contributed by atoms with Crippen molar-refractivity contribution in [2.75, 3.05) is 11.9 Å². The number of para-hydroxylation sites is 3. The number of fused-ring (bicyclic) bond motifs is 1. The van der Waals surface area contributed by atoms with Gasteiger partial charge in [0.1, 0.15) is 5.75 Å². The molecule has 1 heterocycles. The number of imidazole rings is 1. The highest BCUT2D eigenvalue weighted by Crippen LogP contribution is 2.23. The van der Waals surface area contributed by atoms with E-state index in [1.54, 1.807) is 0 Å². The van der Waals surface area contributed by atoms with Crippen LogP contribution in [0.25, 0.3) is 11.0 Å². The number of hydrogen-bond acceptors (Lipinski definition) is 3. The van der Waals surface area contributed by atoms with Crippen molar-refractivity contribution >= 4 is 17.0 Å². The molecule has 0 bridgehead atoms. The van der Waals surface area contributed by atoms with Gasteiger partial charge in [-0.15, -0.1) is 0 Å². The van der Waals surface area contributed by atoms with Crippen LogP contribution in [0.1, 0.15) is 25.8 Å². The summed E-state index contributed by atoms with van der Waals surface area (Å²) in [5.74, 6) is 1.85. The van der Waals surface area contributed by atoms with E-state index in [1.807, 2.05) is 31.2 Å². The molecular formula is C19H23N3O. The number of aromatic nitrogens is 2. The number of hydrogen-bond donors (Lipinski definition) is 1. The van der Waals surface area contributed by atoms with E-state index >= 15 is 0 Å². The van der Waals surface area contributed by atoms with E-state index in [2.05, 4.69) is 41.1 Å². The first-order chi connectivity index (χ1) is 11.3. The molecule has 1 N–H and O–H groups in total. The molecule has 0 radical (unpaired) electrons. The van der Waals surface area contributed by atoms with Crippen molar-refractivity contribution in [1.29, 1.82) is 0 Å². The molecule has 0 fully saturated rings. The van der Waals surface area contributed by atoms with Gasteiger partial charge < -0.3 is 14.6 Å². The fourth-order valence-electron chi connectivity index (χ4n) is 2.78. The zero-order valence-corrected chi connectivity index (χ0v) is 13.7. The third-order valence-electron chi connectivity index (χ3n) is 3.81. The maximum Gasteiger partial charge on any atom is 0.204 e. The van der Waals surface area contributed by atoms with Crippen molar-refractivity contribution in [3.05, 3.63) is 54.1 Å². The summed E-state index contributed by atoms with van der Waals surface area (Å²) in [5.41, 5.74) is 3.35. The van der Waals surface area contributed by atoms with Gasteiger partial charge in [0.15, 0.2) is 0 Å². The Morgan fingerprint density at radius 1 is 1.04 bits per heavy atom. The van der Waals surface area contributed by atoms with Crippen LogP contribution in [0.15, 0.2) is 48.5 Å². The molecule has 3 aromatic rings. The lowest BCUT2D eigenvalue weighted by Crippen LogP contribution is -2.08. The SMILES string of the molecule is CCCn1c(NCc2ccccc2OCC)nc2ccccc21. The van der Waals surface area contributed by atoms with Crippen LogP contribution in [0.4, 0.5) is 5.95 Å². The molecule has 3 rings (SSSR count). The Bertz CT molecular complexity index is 779. The van der Waals surface area contributed by atoms with Gasteiger partial charge in [0.05, 0.1) is 17.6 Å². The van der Waals surface area contributed by atoms with Gasteiger partial charge in [-0.2, -0.15) is 0 Å². The molecule has 0 atom stereocenters. The molecule has 1 aromatic heterocycles. The van der Waals surface area contributed by atoms with Gasteiger partial charge in [0.25, 0.3) is 0 Å². The minimum absolute atomic E-state index is 0.672. The Labute approximate surface area is 137 Å².